The Hall–Kier alpha value is -2.25. The molecule has 0 saturated carbocycles. The van der Waals surface area contributed by atoms with Crippen molar-refractivity contribution in [3.63, 3.8) is 0 Å². The van der Waals surface area contributed by atoms with Crippen molar-refractivity contribution in [3.8, 4) is 11.5 Å². The molecule has 0 aliphatic carbocycles. The van der Waals surface area contributed by atoms with Gasteiger partial charge in [-0.25, -0.2) is 4.98 Å². The van der Waals surface area contributed by atoms with Gasteiger partial charge in [-0.05, 0) is 19.8 Å². The summed E-state index contributed by atoms with van der Waals surface area (Å²) in [7, 11) is 3.14. The fourth-order valence-corrected chi connectivity index (χ4v) is 3.05. The minimum absolute atomic E-state index is 0.238. The second-order valence-corrected chi connectivity index (χ2v) is 6.45. The first-order valence-electron chi connectivity index (χ1n) is 8.48. The maximum Gasteiger partial charge on any atom is 0.229 e. The normalized spacial score (nSPS) is 16.4. The van der Waals surface area contributed by atoms with Gasteiger partial charge in [-0.15, -0.1) is 0 Å². The predicted octanol–water partition coefficient (Wildman–Crippen LogP) is 3.79. The molecule has 1 aromatic carbocycles. The molecule has 0 amide bonds. The van der Waals surface area contributed by atoms with Gasteiger partial charge in [0.25, 0.3) is 0 Å². The fraction of sp³-hybridized carbons (Fsp3) is 0.444. The van der Waals surface area contributed by atoms with Crippen molar-refractivity contribution in [3.05, 3.63) is 28.9 Å². The Labute approximate surface area is 158 Å². The van der Waals surface area contributed by atoms with Crippen molar-refractivity contribution in [1.29, 1.82) is 0 Å². The third kappa shape index (κ3) is 4.47. The molecule has 1 aliphatic rings. The summed E-state index contributed by atoms with van der Waals surface area (Å²) in [6, 6.07) is 5.35. The second kappa shape index (κ2) is 8.42. The zero-order chi connectivity index (χ0) is 18.5. The monoisotopic (exact) mass is 378 g/mol. The van der Waals surface area contributed by atoms with Gasteiger partial charge in [-0.1, -0.05) is 11.6 Å². The number of anilines is 3. The summed E-state index contributed by atoms with van der Waals surface area (Å²) in [5.41, 5.74) is 1.52. The summed E-state index contributed by atoms with van der Waals surface area (Å²) < 4.78 is 16.3. The highest BCUT2D eigenvalue weighted by Crippen LogP contribution is 2.37. The Balaban J connectivity index is 1.78. The van der Waals surface area contributed by atoms with Gasteiger partial charge in [0, 0.05) is 37.0 Å². The van der Waals surface area contributed by atoms with Crippen LogP contribution in [0.3, 0.4) is 0 Å². The topological polar surface area (TPSA) is 77.5 Å². The van der Waals surface area contributed by atoms with Crippen molar-refractivity contribution in [1.82, 2.24) is 9.97 Å². The van der Waals surface area contributed by atoms with Gasteiger partial charge in [-0.2, -0.15) is 4.98 Å². The lowest BCUT2D eigenvalue weighted by Gasteiger charge is -2.15. The number of ether oxygens (including phenoxy) is 3. The first kappa shape index (κ1) is 18.5. The molecule has 1 aliphatic heterocycles. The number of aryl methyl sites for hydroxylation is 1. The van der Waals surface area contributed by atoms with E-state index in [0.29, 0.717) is 28.2 Å². The van der Waals surface area contributed by atoms with Crippen molar-refractivity contribution in [2.75, 3.05) is 38.0 Å². The zero-order valence-electron chi connectivity index (χ0n) is 15.1. The number of hydrogen-bond acceptors (Lipinski definition) is 7. The van der Waals surface area contributed by atoms with Crippen LogP contribution in [0, 0.1) is 6.92 Å². The van der Waals surface area contributed by atoms with E-state index >= 15 is 0 Å². The summed E-state index contributed by atoms with van der Waals surface area (Å²) in [6.45, 7) is 3.48. The van der Waals surface area contributed by atoms with E-state index in [4.69, 9.17) is 25.8 Å². The van der Waals surface area contributed by atoms with Crippen molar-refractivity contribution in [2.24, 2.45) is 0 Å². The van der Waals surface area contributed by atoms with E-state index in [1.807, 2.05) is 13.0 Å². The van der Waals surface area contributed by atoms with Crippen LogP contribution in [0.4, 0.5) is 17.5 Å². The molecule has 1 aromatic heterocycles. The zero-order valence-corrected chi connectivity index (χ0v) is 15.9. The van der Waals surface area contributed by atoms with Crippen LogP contribution in [0.2, 0.25) is 5.02 Å². The summed E-state index contributed by atoms with van der Waals surface area (Å²) in [6.07, 6.45) is 2.42. The molecule has 26 heavy (non-hydrogen) atoms. The lowest BCUT2D eigenvalue weighted by Crippen LogP contribution is -2.19. The number of halogens is 1. The van der Waals surface area contributed by atoms with Crippen LogP contribution >= 0.6 is 11.6 Å². The molecule has 2 heterocycles. The number of hydrogen-bond donors (Lipinski definition) is 2. The molecule has 3 rings (SSSR count). The van der Waals surface area contributed by atoms with E-state index in [0.717, 1.165) is 37.5 Å². The average molecular weight is 379 g/mol. The smallest absolute Gasteiger partial charge is 0.229 e. The predicted molar refractivity (Wildman–Crippen MR) is 102 cm³/mol. The maximum atomic E-state index is 6.15. The third-order valence-electron chi connectivity index (χ3n) is 4.11. The molecule has 2 N–H and O–H groups in total. The van der Waals surface area contributed by atoms with Crippen molar-refractivity contribution >= 4 is 29.1 Å². The summed E-state index contributed by atoms with van der Waals surface area (Å²) in [5.74, 6) is 2.33. The Kier molecular flexibility index (Phi) is 6.00. The summed E-state index contributed by atoms with van der Waals surface area (Å²) in [4.78, 5) is 8.96. The third-order valence-corrected chi connectivity index (χ3v) is 4.40. The Morgan fingerprint density at radius 3 is 2.69 bits per heavy atom. The van der Waals surface area contributed by atoms with Crippen LogP contribution in [0.5, 0.6) is 11.5 Å². The number of benzene rings is 1. The van der Waals surface area contributed by atoms with Gasteiger partial charge >= 0.3 is 0 Å². The van der Waals surface area contributed by atoms with E-state index in [1.165, 1.54) is 0 Å². The van der Waals surface area contributed by atoms with Gasteiger partial charge in [0.15, 0.2) is 0 Å². The molecule has 140 valence electrons. The van der Waals surface area contributed by atoms with E-state index in [2.05, 4.69) is 20.6 Å². The lowest BCUT2D eigenvalue weighted by molar-refractivity contribution is 0.120. The largest absolute Gasteiger partial charge is 0.495 e. The number of rotatable bonds is 7. The van der Waals surface area contributed by atoms with E-state index in [1.54, 1.807) is 26.4 Å². The highest BCUT2D eigenvalue weighted by molar-refractivity contribution is 6.32. The van der Waals surface area contributed by atoms with Crippen molar-refractivity contribution < 1.29 is 14.2 Å². The van der Waals surface area contributed by atoms with Crippen LogP contribution in [0.1, 0.15) is 18.5 Å². The molecular formula is C18H23ClN4O3. The number of nitrogens with one attached hydrogen (secondary N) is 2. The molecule has 0 radical (unpaired) electrons. The standard InChI is InChI=1S/C18H23ClN4O3/c1-11-7-17(20-10-12-5-4-6-26-12)23-18(21-11)22-14-9-15(24-2)13(19)8-16(14)25-3/h7-9,12H,4-6,10H2,1-3H3,(H2,20,21,22,23). The Bertz CT molecular complexity index is 766. The molecule has 1 saturated heterocycles. The van der Waals surface area contributed by atoms with Gasteiger partial charge in [0.05, 0.1) is 31.0 Å². The Morgan fingerprint density at radius 2 is 2.00 bits per heavy atom. The molecule has 1 atom stereocenters. The highest BCUT2D eigenvalue weighted by atomic mass is 35.5. The van der Waals surface area contributed by atoms with Gasteiger partial charge in [0.1, 0.15) is 17.3 Å². The van der Waals surface area contributed by atoms with Gasteiger partial charge < -0.3 is 24.8 Å². The van der Waals surface area contributed by atoms with Crippen LogP contribution < -0.4 is 20.1 Å². The average Bonchev–Trinajstić information content (AvgIpc) is 3.14. The fourth-order valence-electron chi connectivity index (χ4n) is 2.82. The second-order valence-electron chi connectivity index (χ2n) is 6.05. The molecule has 2 aromatic rings. The van der Waals surface area contributed by atoms with Gasteiger partial charge in [-0.3, -0.25) is 0 Å². The quantitative estimate of drug-likeness (QED) is 0.758. The van der Waals surface area contributed by atoms with Gasteiger partial charge in [0.2, 0.25) is 5.95 Å². The molecule has 7 nitrogen and oxygen atoms in total. The number of methoxy groups -OCH3 is 2. The van der Waals surface area contributed by atoms with Crippen LogP contribution in [0.25, 0.3) is 0 Å². The summed E-state index contributed by atoms with van der Waals surface area (Å²) >= 11 is 6.15. The minimum Gasteiger partial charge on any atom is -0.495 e. The molecule has 1 unspecified atom stereocenters. The minimum atomic E-state index is 0.238. The van der Waals surface area contributed by atoms with Crippen LogP contribution in [-0.4, -0.2) is 43.4 Å². The SMILES string of the molecule is COc1cc(Nc2nc(C)cc(NCC3CCCO3)n2)c(OC)cc1Cl. The van der Waals surface area contributed by atoms with Crippen LogP contribution in [0.15, 0.2) is 18.2 Å². The summed E-state index contributed by atoms with van der Waals surface area (Å²) in [5, 5.41) is 6.97. The highest BCUT2D eigenvalue weighted by Gasteiger charge is 2.16. The molecule has 0 bridgehead atoms. The van der Waals surface area contributed by atoms with Crippen LogP contribution in [-0.2, 0) is 4.74 Å². The van der Waals surface area contributed by atoms with E-state index < -0.39 is 0 Å². The molecule has 8 heteroatoms. The molecular weight excluding hydrogens is 356 g/mol. The first-order chi connectivity index (χ1) is 12.6. The lowest BCUT2D eigenvalue weighted by atomic mass is 10.2. The number of nitrogens with zero attached hydrogens (tertiary/aromatic N) is 2. The van der Waals surface area contributed by atoms with E-state index in [-0.39, 0.29) is 6.10 Å². The van der Waals surface area contributed by atoms with Crippen molar-refractivity contribution in [2.45, 2.75) is 25.9 Å². The molecule has 1 fully saturated rings. The first-order valence-corrected chi connectivity index (χ1v) is 8.86. The Morgan fingerprint density at radius 1 is 1.19 bits per heavy atom. The van der Waals surface area contributed by atoms with E-state index in [9.17, 15) is 0 Å². The number of aromatic nitrogens is 2. The maximum absolute atomic E-state index is 6.15. The molecule has 0 spiro atoms.